The minimum absolute atomic E-state index is 0.124. The van der Waals surface area contributed by atoms with Gasteiger partial charge in [0, 0.05) is 31.1 Å². The number of hydrogen-bond donors (Lipinski definition) is 1. The van der Waals surface area contributed by atoms with E-state index in [2.05, 4.69) is 10.3 Å². The Balaban J connectivity index is 2.07. The molecule has 5 nitrogen and oxygen atoms in total. The van der Waals surface area contributed by atoms with Gasteiger partial charge in [-0.05, 0) is 18.2 Å². The molecule has 1 N–H and O–H groups in total. The Morgan fingerprint density at radius 3 is 2.60 bits per heavy atom. The number of aryl methyl sites for hydroxylation is 1. The van der Waals surface area contributed by atoms with Gasteiger partial charge in [-0.25, -0.2) is 4.98 Å². The van der Waals surface area contributed by atoms with Gasteiger partial charge in [0.1, 0.15) is 5.69 Å². The first-order chi connectivity index (χ1) is 11.7. The van der Waals surface area contributed by atoms with Crippen molar-refractivity contribution in [3.8, 4) is 0 Å². The minimum atomic E-state index is -4.63. The number of nitrogens with one attached hydrogen (secondary N) is 1. The number of halogens is 3. The zero-order valence-electron chi connectivity index (χ0n) is 13.1. The van der Waals surface area contributed by atoms with E-state index in [1.54, 1.807) is 6.07 Å². The third kappa shape index (κ3) is 3.27. The molecular weight excluding hydrogens is 355 g/mol. The van der Waals surface area contributed by atoms with Gasteiger partial charge >= 0.3 is 6.18 Å². The van der Waals surface area contributed by atoms with Gasteiger partial charge in [0.25, 0.3) is 0 Å². The maximum absolute atomic E-state index is 13.1. The van der Waals surface area contributed by atoms with E-state index in [0.29, 0.717) is 21.8 Å². The summed E-state index contributed by atoms with van der Waals surface area (Å²) in [5, 5.41) is 3.55. The lowest BCUT2D eigenvalue weighted by molar-refractivity contribution is -0.143. The van der Waals surface area contributed by atoms with Crippen LogP contribution in [0.3, 0.4) is 0 Å². The van der Waals surface area contributed by atoms with Gasteiger partial charge in [-0.3, -0.25) is 9.59 Å². The number of carbonyl (C=O) groups is 1. The molecule has 0 saturated heterocycles. The fourth-order valence-corrected chi connectivity index (χ4v) is 3.15. The van der Waals surface area contributed by atoms with Crippen LogP contribution in [0.5, 0.6) is 0 Å². The monoisotopic (exact) mass is 367 g/mol. The van der Waals surface area contributed by atoms with E-state index in [9.17, 15) is 22.8 Å². The number of ketones is 1. The molecule has 3 rings (SSSR count). The summed E-state index contributed by atoms with van der Waals surface area (Å²) in [6.45, 7) is 1.42. The van der Waals surface area contributed by atoms with E-state index in [1.807, 2.05) is 0 Å². The Morgan fingerprint density at radius 1 is 1.28 bits per heavy atom. The highest BCUT2D eigenvalue weighted by atomic mass is 32.1. The maximum atomic E-state index is 13.1. The molecule has 0 saturated carbocycles. The second kappa shape index (κ2) is 5.99. The quantitative estimate of drug-likeness (QED) is 0.712. The average Bonchev–Trinajstić information content (AvgIpc) is 2.98. The van der Waals surface area contributed by atoms with E-state index >= 15 is 0 Å². The van der Waals surface area contributed by atoms with Crippen LogP contribution in [0.25, 0.3) is 10.9 Å². The second-order valence-electron chi connectivity index (χ2n) is 5.39. The summed E-state index contributed by atoms with van der Waals surface area (Å²) in [5.41, 5.74) is -1.10. The van der Waals surface area contributed by atoms with Gasteiger partial charge in [0.05, 0.1) is 16.6 Å². The largest absolute Gasteiger partial charge is 0.431 e. The number of Topliss-reactive ketones (excluding diaryl/α,β-unsaturated/α-hetero) is 1. The van der Waals surface area contributed by atoms with Crippen molar-refractivity contribution in [3.63, 3.8) is 0 Å². The van der Waals surface area contributed by atoms with Crippen LogP contribution in [0.2, 0.25) is 0 Å². The first kappa shape index (κ1) is 17.2. The van der Waals surface area contributed by atoms with Crippen LogP contribution in [0, 0.1) is 0 Å². The second-order valence-corrected chi connectivity index (χ2v) is 6.42. The van der Waals surface area contributed by atoms with Crippen molar-refractivity contribution in [2.45, 2.75) is 13.1 Å². The number of rotatable bonds is 3. The topological polar surface area (TPSA) is 64.0 Å². The number of aromatic nitrogens is 2. The number of thiazole rings is 1. The Kier molecular flexibility index (Phi) is 4.11. The zero-order chi connectivity index (χ0) is 18.4. The first-order valence-corrected chi connectivity index (χ1v) is 7.93. The first-order valence-electron chi connectivity index (χ1n) is 7.11. The highest BCUT2D eigenvalue weighted by Gasteiger charge is 2.34. The summed E-state index contributed by atoms with van der Waals surface area (Å²) in [7, 11) is 1.26. The molecule has 0 atom stereocenters. The van der Waals surface area contributed by atoms with Crippen LogP contribution in [-0.4, -0.2) is 15.3 Å². The van der Waals surface area contributed by atoms with E-state index in [1.165, 1.54) is 32.3 Å². The molecule has 130 valence electrons. The third-order valence-corrected chi connectivity index (χ3v) is 4.66. The Labute approximate surface area is 143 Å². The molecule has 3 aromatic rings. The van der Waals surface area contributed by atoms with Crippen molar-refractivity contribution in [2.24, 2.45) is 7.05 Å². The zero-order valence-corrected chi connectivity index (χ0v) is 14.0. The number of fused-ring (bicyclic) bond motifs is 1. The summed E-state index contributed by atoms with van der Waals surface area (Å²) in [6, 6.07) is 5.07. The molecule has 1 aromatic carbocycles. The number of hydrogen-bond acceptors (Lipinski definition) is 5. The Morgan fingerprint density at radius 2 is 2.00 bits per heavy atom. The van der Waals surface area contributed by atoms with Gasteiger partial charge in [0.2, 0.25) is 0 Å². The van der Waals surface area contributed by atoms with Gasteiger partial charge in [-0.1, -0.05) is 11.3 Å². The number of pyridine rings is 1. The highest BCUT2D eigenvalue weighted by molar-refractivity contribution is 7.17. The number of nitrogens with zero attached hydrogens (tertiary/aromatic N) is 2. The van der Waals surface area contributed by atoms with Crippen LogP contribution in [0.1, 0.15) is 22.3 Å². The number of anilines is 2. The van der Waals surface area contributed by atoms with Crippen molar-refractivity contribution in [3.05, 3.63) is 51.3 Å². The molecule has 0 amide bonds. The van der Waals surface area contributed by atoms with Crippen molar-refractivity contribution in [1.82, 2.24) is 9.55 Å². The van der Waals surface area contributed by atoms with Gasteiger partial charge in [0.15, 0.2) is 16.3 Å². The summed E-state index contributed by atoms with van der Waals surface area (Å²) >= 11 is 1.14. The molecule has 0 aliphatic rings. The fraction of sp³-hybridized carbons (Fsp3) is 0.188. The van der Waals surface area contributed by atoms with Crippen molar-refractivity contribution in [1.29, 1.82) is 0 Å². The summed E-state index contributed by atoms with van der Waals surface area (Å²) in [6.07, 6.45) is -3.20. The Bertz CT molecular complexity index is 1040. The lowest BCUT2D eigenvalue weighted by Gasteiger charge is -2.15. The molecule has 0 bridgehead atoms. The lowest BCUT2D eigenvalue weighted by Crippen LogP contribution is -2.19. The van der Waals surface area contributed by atoms with Crippen LogP contribution in [0.4, 0.5) is 24.0 Å². The predicted molar refractivity (Wildman–Crippen MR) is 89.6 cm³/mol. The van der Waals surface area contributed by atoms with Crippen molar-refractivity contribution < 1.29 is 18.0 Å². The molecule has 0 unspecified atom stereocenters. The molecule has 0 radical (unpaired) electrons. The normalized spacial score (nSPS) is 11.7. The van der Waals surface area contributed by atoms with Crippen molar-refractivity contribution in [2.75, 3.05) is 5.32 Å². The summed E-state index contributed by atoms with van der Waals surface area (Å²) in [5.74, 6) is -0.124. The van der Waals surface area contributed by atoms with Crippen LogP contribution >= 0.6 is 11.3 Å². The average molecular weight is 367 g/mol. The SMILES string of the molecule is CC(=O)c1cnc(Nc2ccc3c(=O)cc(C(F)(F)F)n(C)c3c2)s1. The maximum Gasteiger partial charge on any atom is 0.431 e. The smallest absolute Gasteiger partial charge is 0.340 e. The number of carbonyl (C=O) groups excluding carboxylic acids is 1. The molecule has 2 aromatic heterocycles. The molecular formula is C16H12F3N3O2S. The standard InChI is InChI=1S/C16H12F3N3O2S/c1-8(23)13-7-20-15(25-13)21-9-3-4-10-11(5-9)22(2)14(6-12(10)24)16(17,18)19/h3-7H,1-2H3,(H,20,21). The fourth-order valence-electron chi connectivity index (χ4n) is 2.41. The third-order valence-electron chi connectivity index (χ3n) is 3.65. The minimum Gasteiger partial charge on any atom is -0.340 e. The van der Waals surface area contributed by atoms with E-state index in [4.69, 9.17) is 0 Å². The van der Waals surface area contributed by atoms with Gasteiger partial charge in [-0.2, -0.15) is 13.2 Å². The van der Waals surface area contributed by atoms with Crippen LogP contribution in [-0.2, 0) is 13.2 Å². The predicted octanol–water partition coefficient (Wildman–Crippen LogP) is 3.96. The van der Waals surface area contributed by atoms with Crippen LogP contribution < -0.4 is 10.7 Å². The molecule has 0 aliphatic heterocycles. The molecule has 2 heterocycles. The van der Waals surface area contributed by atoms with E-state index in [-0.39, 0.29) is 16.7 Å². The number of alkyl halides is 3. The van der Waals surface area contributed by atoms with E-state index < -0.39 is 17.3 Å². The van der Waals surface area contributed by atoms with Crippen LogP contribution in [0.15, 0.2) is 35.3 Å². The molecule has 25 heavy (non-hydrogen) atoms. The molecule has 0 aliphatic carbocycles. The molecule has 9 heteroatoms. The summed E-state index contributed by atoms with van der Waals surface area (Å²) in [4.78, 5) is 27.8. The number of benzene rings is 1. The highest BCUT2D eigenvalue weighted by Crippen LogP contribution is 2.31. The van der Waals surface area contributed by atoms with E-state index in [0.717, 1.165) is 15.9 Å². The molecule has 0 spiro atoms. The Hall–Kier alpha value is -2.68. The molecule has 0 fully saturated rings. The van der Waals surface area contributed by atoms with Gasteiger partial charge < -0.3 is 9.88 Å². The lowest BCUT2D eigenvalue weighted by atomic mass is 10.1. The van der Waals surface area contributed by atoms with Gasteiger partial charge in [-0.15, -0.1) is 0 Å². The van der Waals surface area contributed by atoms with Crippen molar-refractivity contribution >= 4 is 38.8 Å². The summed E-state index contributed by atoms with van der Waals surface area (Å²) < 4.78 is 40.1.